The molecule has 2 aliphatic rings. The van der Waals surface area contributed by atoms with Crippen LogP contribution in [0, 0.1) is 11.6 Å². The Balaban J connectivity index is 1.45. The van der Waals surface area contributed by atoms with Crippen LogP contribution in [0.4, 0.5) is 18.9 Å². The van der Waals surface area contributed by atoms with Crippen LogP contribution in [0.5, 0.6) is 11.9 Å². The van der Waals surface area contributed by atoms with Gasteiger partial charge < -0.3 is 15.6 Å². The largest absolute Gasteiger partial charge is 0.493 e. The number of benzene rings is 3. The van der Waals surface area contributed by atoms with Gasteiger partial charge in [-0.15, -0.1) is 0 Å². The summed E-state index contributed by atoms with van der Waals surface area (Å²) in [4.78, 5) is 10.4. The van der Waals surface area contributed by atoms with Gasteiger partial charge in [-0.3, -0.25) is 4.90 Å². The van der Waals surface area contributed by atoms with E-state index in [0.29, 0.717) is 47.0 Å². The molecular formula is C28H27F3N4O2. The highest BCUT2D eigenvalue weighted by molar-refractivity contribution is 6.03. The van der Waals surface area contributed by atoms with Crippen molar-refractivity contribution in [1.82, 2.24) is 14.9 Å². The lowest BCUT2D eigenvalue weighted by atomic mass is 9.92. The van der Waals surface area contributed by atoms with Crippen molar-refractivity contribution < 1.29 is 23.0 Å². The van der Waals surface area contributed by atoms with E-state index >= 15 is 4.39 Å². The summed E-state index contributed by atoms with van der Waals surface area (Å²) >= 11 is 0. The zero-order valence-corrected chi connectivity index (χ0v) is 20.4. The Morgan fingerprint density at radius 3 is 2.81 bits per heavy atom. The number of aromatic nitrogens is 2. The molecule has 1 aromatic heterocycles. The predicted molar refractivity (Wildman–Crippen MR) is 136 cm³/mol. The van der Waals surface area contributed by atoms with Crippen LogP contribution in [0.3, 0.4) is 0 Å². The summed E-state index contributed by atoms with van der Waals surface area (Å²) < 4.78 is 50.7. The number of ether oxygens (including phenoxy) is 1. The van der Waals surface area contributed by atoms with Gasteiger partial charge in [0.2, 0.25) is 5.88 Å². The molecule has 0 aliphatic carbocycles. The van der Waals surface area contributed by atoms with E-state index < -0.39 is 23.4 Å². The second-order valence-corrected chi connectivity index (χ2v) is 10.1. The lowest BCUT2D eigenvalue weighted by molar-refractivity contribution is 0.107. The fraction of sp³-hybridized carbons (Fsp3) is 0.357. The highest BCUT2D eigenvalue weighted by Crippen LogP contribution is 2.41. The Hall–Kier alpha value is -3.59. The molecule has 9 heteroatoms. The third kappa shape index (κ3) is 3.83. The summed E-state index contributed by atoms with van der Waals surface area (Å²) in [5.41, 5.74) is 7.04. The van der Waals surface area contributed by atoms with Crippen LogP contribution in [0.25, 0.3) is 32.8 Å². The molecule has 2 fully saturated rings. The third-order valence-electron chi connectivity index (χ3n) is 7.83. The Labute approximate surface area is 211 Å². The van der Waals surface area contributed by atoms with Gasteiger partial charge >= 0.3 is 6.01 Å². The van der Waals surface area contributed by atoms with Gasteiger partial charge in [0.15, 0.2) is 5.82 Å². The van der Waals surface area contributed by atoms with Gasteiger partial charge in [0.25, 0.3) is 0 Å². The molecule has 37 heavy (non-hydrogen) atoms. The van der Waals surface area contributed by atoms with E-state index in [-0.39, 0.29) is 34.9 Å². The molecule has 0 spiro atoms. The zero-order valence-electron chi connectivity index (χ0n) is 20.4. The average molecular weight is 509 g/mol. The molecule has 3 aromatic carbocycles. The average Bonchev–Trinajstić information content (AvgIpc) is 3.39. The third-order valence-corrected chi connectivity index (χ3v) is 7.83. The maximum Gasteiger partial charge on any atom is 0.320 e. The van der Waals surface area contributed by atoms with Crippen LogP contribution in [0.1, 0.15) is 31.7 Å². The van der Waals surface area contributed by atoms with E-state index in [1.165, 1.54) is 18.2 Å². The predicted octanol–water partition coefficient (Wildman–Crippen LogP) is 5.53. The minimum Gasteiger partial charge on any atom is -0.493 e. The number of anilines is 1. The van der Waals surface area contributed by atoms with Crippen molar-refractivity contribution in [1.29, 1.82) is 0 Å². The smallest absolute Gasteiger partial charge is 0.320 e. The fourth-order valence-corrected chi connectivity index (χ4v) is 6.14. The molecule has 0 unspecified atom stereocenters. The van der Waals surface area contributed by atoms with E-state index in [0.717, 1.165) is 19.4 Å². The highest BCUT2D eigenvalue weighted by atomic mass is 19.1. The number of hydrogen-bond donors (Lipinski definition) is 2. The number of alkyl halides is 1. The van der Waals surface area contributed by atoms with Crippen LogP contribution in [0.15, 0.2) is 36.4 Å². The van der Waals surface area contributed by atoms with Crippen molar-refractivity contribution >= 4 is 27.4 Å². The number of nitrogen functional groups attached to an aromatic ring is 1. The second-order valence-electron chi connectivity index (χ2n) is 10.1. The molecule has 0 bridgehead atoms. The minimum absolute atomic E-state index is 0.119. The number of hydrogen-bond acceptors (Lipinski definition) is 6. The molecule has 0 saturated carbocycles. The van der Waals surface area contributed by atoms with E-state index in [1.54, 1.807) is 18.2 Å². The molecule has 6 rings (SSSR count). The SMILES string of the molecule is CCc1c(F)ccc2cc(N)cc(-c3ccc4c(O)nc(OC[C@@]56CCCN5C[C@H](F)C6)nc4c3F)c12. The monoisotopic (exact) mass is 508 g/mol. The standard InChI is InChI=1S/C28H27F3N4O2/c1-2-18-22(30)7-4-15-10-17(32)11-21(23(15)18)19-5-6-20-25(24(19)31)33-27(34-26(20)36)37-14-28-8-3-9-35(28)13-16(29)12-28/h4-7,10-11,16H,2-3,8-9,12-14,32H2,1H3,(H,33,34,36)/t16-,28+/m1/s1. The molecule has 2 saturated heterocycles. The van der Waals surface area contributed by atoms with Crippen LogP contribution in [0.2, 0.25) is 0 Å². The first-order valence-corrected chi connectivity index (χ1v) is 12.5. The van der Waals surface area contributed by atoms with E-state index in [1.807, 2.05) is 6.92 Å². The zero-order chi connectivity index (χ0) is 25.9. The van der Waals surface area contributed by atoms with Crippen molar-refractivity contribution in [3.05, 3.63) is 53.6 Å². The number of halogens is 3. The van der Waals surface area contributed by atoms with Gasteiger partial charge in [0, 0.05) is 24.2 Å². The highest BCUT2D eigenvalue weighted by Gasteiger charge is 2.49. The van der Waals surface area contributed by atoms with Gasteiger partial charge in [0.05, 0.1) is 10.9 Å². The summed E-state index contributed by atoms with van der Waals surface area (Å²) in [7, 11) is 0. The summed E-state index contributed by atoms with van der Waals surface area (Å²) in [6.07, 6.45) is 1.61. The molecule has 3 N–H and O–H groups in total. The molecule has 6 nitrogen and oxygen atoms in total. The number of aromatic hydroxyl groups is 1. The van der Waals surface area contributed by atoms with Crippen LogP contribution >= 0.6 is 0 Å². The van der Waals surface area contributed by atoms with E-state index in [2.05, 4.69) is 14.9 Å². The molecular weight excluding hydrogens is 481 g/mol. The summed E-state index contributed by atoms with van der Waals surface area (Å²) in [5.74, 6) is -1.50. The lowest BCUT2D eigenvalue weighted by Crippen LogP contribution is -2.43. The second kappa shape index (κ2) is 8.76. The maximum absolute atomic E-state index is 16.1. The van der Waals surface area contributed by atoms with Gasteiger partial charge in [-0.1, -0.05) is 19.1 Å². The molecule has 2 aliphatic heterocycles. The van der Waals surface area contributed by atoms with Crippen molar-refractivity contribution in [3.63, 3.8) is 0 Å². The van der Waals surface area contributed by atoms with Crippen molar-refractivity contribution in [3.8, 4) is 23.0 Å². The molecule has 3 heterocycles. The van der Waals surface area contributed by atoms with Gasteiger partial charge in [-0.05, 0) is 72.0 Å². The number of fused-ring (bicyclic) bond motifs is 3. The molecule has 0 amide bonds. The topological polar surface area (TPSA) is 84.5 Å². The lowest BCUT2D eigenvalue weighted by Gasteiger charge is -2.30. The molecule has 192 valence electrons. The van der Waals surface area contributed by atoms with Crippen LogP contribution < -0.4 is 10.5 Å². The van der Waals surface area contributed by atoms with Gasteiger partial charge in [0.1, 0.15) is 24.1 Å². The van der Waals surface area contributed by atoms with Crippen molar-refractivity contribution in [2.75, 3.05) is 25.4 Å². The van der Waals surface area contributed by atoms with Crippen LogP contribution in [-0.2, 0) is 6.42 Å². The first kappa shape index (κ1) is 23.8. The normalized spacial score (nSPS) is 21.7. The Kier molecular flexibility index (Phi) is 5.63. The summed E-state index contributed by atoms with van der Waals surface area (Å²) in [6, 6.07) is 9.21. The number of nitrogens with two attached hydrogens (primary N) is 1. The van der Waals surface area contributed by atoms with Gasteiger partial charge in [-0.25, -0.2) is 13.2 Å². The first-order chi connectivity index (χ1) is 17.8. The molecule has 4 aromatic rings. The Bertz CT molecular complexity index is 1550. The molecule has 2 atom stereocenters. The fourth-order valence-electron chi connectivity index (χ4n) is 6.14. The quantitative estimate of drug-likeness (QED) is 0.345. The maximum atomic E-state index is 16.1. The van der Waals surface area contributed by atoms with E-state index in [4.69, 9.17) is 10.5 Å². The van der Waals surface area contributed by atoms with Gasteiger partial charge in [-0.2, -0.15) is 9.97 Å². The van der Waals surface area contributed by atoms with Crippen LogP contribution in [-0.4, -0.2) is 51.4 Å². The minimum atomic E-state index is -0.916. The Morgan fingerprint density at radius 1 is 1.16 bits per heavy atom. The van der Waals surface area contributed by atoms with E-state index in [9.17, 15) is 13.9 Å². The Morgan fingerprint density at radius 2 is 2.00 bits per heavy atom. The summed E-state index contributed by atoms with van der Waals surface area (Å²) in [6.45, 7) is 3.17. The van der Waals surface area contributed by atoms with Crippen molar-refractivity contribution in [2.24, 2.45) is 0 Å². The number of nitrogens with zero attached hydrogens (tertiary/aromatic N) is 3. The molecule has 0 radical (unpaired) electrons. The summed E-state index contributed by atoms with van der Waals surface area (Å²) in [5, 5.41) is 11.9. The number of rotatable bonds is 5. The first-order valence-electron chi connectivity index (χ1n) is 12.5. The number of aryl methyl sites for hydroxylation is 1. The van der Waals surface area contributed by atoms with Crippen molar-refractivity contribution in [2.45, 2.75) is 44.3 Å².